The van der Waals surface area contributed by atoms with Gasteiger partial charge in [0.05, 0.1) is 11.9 Å². The Labute approximate surface area is 170 Å². The molecular formula is C22H27N5O2. The highest BCUT2D eigenvalue weighted by atomic mass is 16.5. The van der Waals surface area contributed by atoms with Crippen LogP contribution in [0.4, 0.5) is 0 Å². The van der Waals surface area contributed by atoms with Crippen molar-refractivity contribution in [1.82, 2.24) is 25.7 Å². The molecule has 1 aromatic carbocycles. The number of phenols is 1. The van der Waals surface area contributed by atoms with Crippen LogP contribution in [0.1, 0.15) is 40.5 Å². The van der Waals surface area contributed by atoms with E-state index in [2.05, 4.69) is 53.4 Å². The predicted octanol–water partition coefficient (Wildman–Crippen LogP) is 3.93. The number of nitrogens with one attached hydrogen (secondary N) is 2. The maximum Gasteiger partial charge on any atom is 0.233 e. The number of aromatic hydroxyl groups is 1. The van der Waals surface area contributed by atoms with Gasteiger partial charge in [-0.25, -0.2) is 0 Å². The van der Waals surface area contributed by atoms with Crippen LogP contribution in [0.5, 0.6) is 11.6 Å². The average molecular weight is 393 g/mol. The van der Waals surface area contributed by atoms with Crippen LogP contribution >= 0.6 is 0 Å². The summed E-state index contributed by atoms with van der Waals surface area (Å²) in [7, 11) is 0. The number of hydrogen-bond donors (Lipinski definition) is 3. The summed E-state index contributed by atoms with van der Waals surface area (Å²) in [5.41, 5.74) is 3.02. The van der Waals surface area contributed by atoms with Crippen LogP contribution in [0.3, 0.4) is 0 Å². The van der Waals surface area contributed by atoms with Gasteiger partial charge in [0.2, 0.25) is 5.88 Å². The molecule has 0 aliphatic carbocycles. The Kier molecular flexibility index (Phi) is 4.78. The summed E-state index contributed by atoms with van der Waals surface area (Å²) >= 11 is 0. The number of hydrogen-bond acceptors (Lipinski definition) is 6. The van der Waals surface area contributed by atoms with Crippen molar-refractivity contribution in [3.8, 4) is 34.0 Å². The van der Waals surface area contributed by atoms with E-state index in [-0.39, 0.29) is 22.9 Å². The predicted molar refractivity (Wildman–Crippen MR) is 112 cm³/mol. The second-order valence-corrected chi connectivity index (χ2v) is 9.02. The summed E-state index contributed by atoms with van der Waals surface area (Å²) in [6, 6.07) is 9.09. The fraction of sp³-hybridized carbons (Fsp3) is 0.409. The Morgan fingerprint density at radius 1 is 1.00 bits per heavy atom. The molecule has 29 heavy (non-hydrogen) atoms. The maximum atomic E-state index is 10.5. The Hall–Kier alpha value is -2.93. The lowest BCUT2D eigenvalue weighted by molar-refractivity contribution is 0.0524. The van der Waals surface area contributed by atoms with Crippen LogP contribution in [-0.2, 0) is 0 Å². The van der Waals surface area contributed by atoms with Crippen LogP contribution in [0.25, 0.3) is 22.4 Å². The van der Waals surface area contributed by atoms with E-state index in [4.69, 9.17) is 4.74 Å². The molecule has 1 saturated heterocycles. The minimum Gasteiger partial charge on any atom is -0.507 e. The van der Waals surface area contributed by atoms with Crippen molar-refractivity contribution >= 4 is 0 Å². The molecule has 2 aromatic heterocycles. The highest BCUT2D eigenvalue weighted by Crippen LogP contribution is 2.33. The van der Waals surface area contributed by atoms with Gasteiger partial charge in [0.1, 0.15) is 11.9 Å². The first kappa shape index (κ1) is 19.4. The van der Waals surface area contributed by atoms with E-state index < -0.39 is 0 Å². The van der Waals surface area contributed by atoms with Gasteiger partial charge in [0, 0.05) is 47.3 Å². The number of nitrogens with zero attached hydrogens (tertiary/aromatic N) is 3. The molecule has 3 N–H and O–H groups in total. The Bertz CT molecular complexity index is 965. The van der Waals surface area contributed by atoms with Crippen molar-refractivity contribution in [2.45, 2.75) is 57.7 Å². The number of ether oxygens (including phenoxy) is 1. The number of aromatic nitrogens is 4. The minimum atomic E-state index is 0.00229. The molecule has 0 saturated carbocycles. The number of aromatic amines is 1. The van der Waals surface area contributed by atoms with Gasteiger partial charge < -0.3 is 15.2 Å². The molecule has 4 rings (SSSR count). The summed E-state index contributed by atoms with van der Waals surface area (Å²) in [5.74, 6) is 0.648. The lowest BCUT2D eigenvalue weighted by atomic mass is 9.81. The largest absolute Gasteiger partial charge is 0.507 e. The quantitative estimate of drug-likeness (QED) is 0.622. The maximum absolute atomic E-state index is 10.5. The summed E-state index contributed by atoms with van der Waals surface area (Å²) < 4.78 is 6.13. The fourth-order valence-electron chi connectivity index (χ4n) is 4.35. The van der Waals surface area contributed by atoms with Crippen molar-refractivity contribution < 1.29 is 9.84 Å². The topological polar surface area (TPSA) is 96.0 Å². The molecule has 7 nitrogen and oxygen atoms in total. The Balaban J connectivity index is 1.50. The third-order valence-corrected chi connectivity index (χ3v) is 5.19. The van der Waals surface area contributed by atoms with Crippen LogP contribution < -0.4 is 10.1 Å². The Morgan fingerprint density at radius 3 is 2.34 bits per heavy atom. The van der Waals surface area contributed by atoms with Gasteiger partial charge in [-0.05, 0) is 51.5 Å². The summed E-state index contributed by atoms with van der Waals surface area (Å²) in [5, 5.41) is 29.3. The van der Waals surface area contributed by atoms with E-state index in [1.54, 1.807) is 18.5 Å². The van der Waals surface area contributed by atoms with Gasteiger partial charge in [0.15, 0.2) is 0 Å². The van der Waals surface area contributed by atoms with Gasteiger partial charge in [-0.1, -0.05) is 6.07 Å². The lowest BCUT2D eigenvalue weighted by Crippen LogP contribution is -2.60. The fourth-order valence-corrected chi connectivity index (χ4v) is 4.35. The zero-order chi connectivity index (χ0) is 20.6. The van der Waals surface area contributed by atoms with Crippen LogP contribution in [0, 0.1) is 0 Å². The zero-order valence-electron chi connectivity index (χ0n) is 17.2. The molecule has 3 aromatic rings. The van der Waals surface area contributed by atoms with Crippen molar-refractivity contribution in [2.24, 2.45) is 0 Å². The molecule has 1 aliphatic heterocycles. The van der Waals surface area contributed by atoms with Gasteiger partial charge in [-0.2, -0.15) is 5.10 Å². The molecule has 0 bridgehead atoms. The van der Waals surface area contributed by atoms with Crippen molar-refractivity contribution in [1.29, 1.82) is 0 Å². The molecule has 0 unspecified atom stereocenters. The molecule has 0 spiro atoms. The van der Waals surface area contributed by atoms with Gasteiger partial charge >= 0.3 is 0 Å². The van der Waals surface area contributed by atoms with Gasteiger partial charge in [0.25, 0.3) is 0 Å². The molecule has 7 heteroatoms. The van der Waals surface area contributed by atoms with Gasteiger partial charge in [-0.3, -0.25) is 5.10 Å². The SMILES string of the molecule is CC1(C)CC(Oc2ccc(-c3ccc(-c4cn[nH]c4)cc3O)nn2)CC(C)(C)N1. The number of H-pyrrole nitrogens is 1. The van der Waals surface area contributed by atoms with Crippen LogP contribution in [-0.4, -0.2) is 42.7 Å². The monoisotopic (exact) mass is 393 g/mol. The average Bonchev–Trinajstić information content (AvgIpc) is 3.14. The second kappa shape index (κ2) is 7.15. The first-order chi connectivity index (χ1) is 13.7. The first-order valence-corrected chi connectivity index (χ1v) is 9.83. The molecule has 3 heterocycles. The third-order valence-electron chi connectivity index (χ3n) is 5.19. The van der Waals surface area contributed by atoms with Crippen molar-refractivity contribution in [2.75, 3.05) is 0 Å². The summed E-state index contributed by atoms with van der Waals surface area (Å²) in [6.45, 7) is 8.76. The highest BCUT2D eigenvalue weighted by Gasteiger charge is 2.38. The third kappa shape index (κ3) is 4.40. The highest BCUT2D eigenvalue weighted by molar-refractivity contribution is 5.73. The van der Waals surface area contributed by atoms with E-state index in [1.807, 2.05) is 24.3 Å². The molecule has 1 aliphatic rings. The van der Waals surface area contributed by atoms with E-state index in [0.717, 1.165) is 24.0 Å². The standard InChI is InChI=1S/C22H27N5O2/c1-21(2)10-16(11-22(3,4)27-21)29-20-8-7-18(25-26-20)17-6-5-14(9-19(17)28)15-12-23-24-13-15/h5-9,12-13,16,27-28H,10-11H2,1-4H3,(H,23,24). The normalized spacial score (nSPS) is 18.5. The summed E-state index contributed by atoms with van der Waals surface area (Å²) in [6.07, 6.45) is 5.36. The molecule has 1 fully saturated rings. The van der Waals surface area contributed by atoms with E-state index in [1.165, 1.54) is 0 Å². The van der Waals surface area contributed by atoms with E-state index >= 15 is 0 Å². The smallest absolute Gasteiger partial charge is 0.233 e. The number of piperidine rings is 1. The van der Waals surface area contributed by atoms with E-state index in [9.17, 15) is 5.11 Å². The molecule has 0 atom stereocenters. The van der Waals surface area contributed by atoms with Gasteiger partial charge in [-0.15, -0.1) is 10.2 Å². The minimum absolute atomic E-state index is 0.00229. The second-order valence-electron chi connectivity index (χ2n) is 9.02. The summed E-state index contributed by atoms with van der Waals surface area (Å²) in [4.78, 5) is 0. The number of rotatable bonds is 4. The molecule has 0 radical (unpaired) electrons. The van der Waals surface area contributed by atoms with Crippen molar-refractivity contribution in [3.05, 3.63) is 42.7 Å². The molecular weight excluding hydrogens is 366 g/mol. The number of phenolic OH excluding ortho intramolecular Hbond substituents is 1. The van der Waals surface area contributed by atoms with Crippen LogP contribution in [0.2, 0.25) is 0 Å². The Morgan fingerprint density at radius 2 is 1.76 bits per heavy atom. The molecule has 152 valence electrons. The number of benzene rings is 1. The van der Waals surface area contributed by atoms with Crippen LogP contribution in [0.15, 0.2) is 42.7 Å². The van der Waals surface area contributed by atoms with Crippen molar-refractivity contribution in [3.63, 3.8) is 0 Å². The van der Waals surface area contributed by atoms with E-state index in [0.29, 0.717) is 17.1 Å². The zero-order valence-corrected chi connectivity index (χ0v) is 17.2. The molecule has 0 amide bonds. The lowest BCUT2D eigenvalue weighted by Gasteiger charge is -2.46. The first-order valence-electron chi connectivity index (χ1n) is 9.83.